The molecule has 0 unspecified atom stereocenters. The Bertz CT molecular complexity index is 890. The zero-order chi connectivity index (χ0) is 17.8. The van der Waals surface area contributed by atoms with Gasteiger partial charge in [-0.05, 0) is 54.8 Å². The van der Waals surface area contributed by atoms with Gasteiger partial charge in [-0.25, -0.2) is 4.39 Å². The summed E-state index contributed by atoms with van der Waals surface area (Å²) in [5, 5.41) is 1.09. The van der Waals surface area contributed by atoms with Crippen LogP contribution in [-0.2, 0) is 11.2 Å². The van der Waals surface area contributed by atoms with Crippen molar-refractivity contribution in [1.29, 1.82) is 0 Å². The van der Waals surface area contributed by atoms with Crippen molar-refractivity contribution in [3.05, 3.63) is 66.1 Å². The van der Waals surface area contributed by atoms with Gasteiger partial charge in [0, 0.05) is 30.2 Å². The highest BCUT2D eigenvalue weighted by Crippen LogP contribution is 2.24. The summed E-state index contributed by atoms with van der Waals surface area (Å²) in [6.45, 7) is 4.92. The number of hydrogen-bond donors (Lipinski definition) is 0. The van der Waals surface area contributed by atoms with E-state index in [0.29, 0.717) is 0 Å². The van der Waals surface area contributed by atoms with E-state index in [1.165, 1.54) is 11.6 Å². The summed E-state index contributed by atoms with van der Waals surface area (Å²) in [6.07, 6.45) is 4.03. The Morgan fingerprint density at radius 3 is 2.73 bits per heavy atom. The van der Waals surface area contributed by atoms with Crippen LogP contribution in [0.2, 0.25) is 0 Å². The standard InChI is InChI=1S/C22H23FN2O/c23-21-5-1-4-18(15-21)20-14-19-7-6-17(13-22(19)24-16-20)3-2-8-25-9-11-26-12-10-25/h1,4-7,13-16H,2-3,8-12H2. The van der Waals surface area contributed by atoms with Gasteiger partial charge < -0.3 is 4.74 Å². The molecule has 2 heterocycles. The second kappa shape index (κ2) is 7.94. The van der Waals surface area contributed by atoms with Crippen LogP contribution in [0.5, 0.6) is 0 Å². The van der Waals surface area contributed by atoms with E-state index in [1.54, 1.807) is 12.1 Å². The summed E-state index contributed by atoms with van der Waals surface area (Å²) in [5.74, 6) is -0.224. The SMILES string of the molecule is Fc1cccc(-c2cnc3cc(CCCN4CCOCC4)ccc3c2)c1. The zero-order valence-corrected chi connectivity index (χ0v) is 14.8. The molecular formula is C22H23FN2O. The molecule has 1 aliphatic heterocycles. The molecular weight excluding hydrogens is 327 g/mol. The van der Waals surface area contributed by atoms with E-state index in [1.807, 2.05) is 12.3 Å². The highest BCUT2D eigenvalue weighted by molar-refractivity contribution is 5.84. The van der Waals surface area contributed by atoms with Crippen molar-refractivity contribution in [3.63, 3.8) is 0 Å². The fourth-order valence-electron chi connectivity index (χ4n) is 3.48. The molecule has 1 saturated heterocycles. The lowest BCUT2D eigenvalue weighted by atomic mass is 10.0. The Labute approximate surface area is 153 Å². The normalized spacial score (nSPS) is 15.4. The van der Waals surface area contributed by atoms with Gasteiger partial charge in [0.05, 0.1) is 18.7 Å². The van der Waals surface area contributed by atoms with E-state index in [9.17, 15) is 4.39 Å². The summed E-state index contributed by atoms with van der Waals surface area (Å²) >= 11 is 0. The van der Waals surface area contributed by atoms with Gasteiger partial charge in [0.1, 0.15) is 5.82 Å². The molecule has 1 aromatic heterocycles. The average Bonchev–Trinajstić information content (AvgIpc) is 2.68. The average molecular weight is 350 g/mol. The van der Waals surface area contributed by atoms with Crippen molar-refractivity contribution in [2.24, 2.45) is 0 Å². The maximum Gasteiger partial charge on any atom is 0.123 e. The predicted molar refractivity (Wildman–Crippen MR) is 103 cm³/mol. The number of aromatic nitrogens is 1. The number of nitrogens with zero attached hydrogens (tertiary/aromatic N) is 2. The van der Waals surface area contributed by atoms with Gasteiger partial charge in [0.25, 0.3) is 0 Å². The Morgan fingerprint density at radius 2 is 1.88 bits per heavy atom. The quantitative estimate of drug-likeness (QED) is 0.686. The van der Waals surface area contributed by atoms with Crippen molar-refractivity contribution >= 4 is 10.9 Å². The van der Waals surface area contributed by atoms with Gasteiger partial charge in [0.2, 0.25) is 0 Å². The Balaban J connectivity index is 1.45. The maximum absolute atomic E-state index is 13.4. The summed E-state index contributed by atoms with van der Waals surface area (Å²) in [6, 6.07) is 15.2. The number of rotatable bonds is 5. The molecule has 3 nitrogen and oxygen atoms in total. The zero-order valence-electron chi connectivity index (χ0n) is 14.8. The van der Waals surface area contributed by atoms with Crippen LogP contribution in [0.25, 0.3) is 22.0 Å². The third-order valence-electron chi connectivity index (χ3n) is 4.95. The highest BCUT2D eigenvalue weighted by atomic mass is 19.1. The van der Waals surface area contributed by atoms with Crippen LogP contribution in [0.4, 0.5) is 4.39 Å². The number of morpholine rings is 1. The largest absolute Gasteiger partial charge is 0.379 e. The van der Waals surface area contributed by atoms with Gasteiger partial charge in [-0.1, -0.05) is 24.3 Å². The van der Waals surface area contributed by atoms with Crippen LogP contribution in [0.15, 0.2) is 54.7 Å². The number of aryl methyl sites for hydroxylation is 1. The lowest BCUT2D eigenvalue weighted by Crippen LogP contribution is -2.36. The first-order valence-corrected chi connectivity index (χ1v) is 9.23. The number of benzene rings is 2. The predicted octanol–water partition coefficient (Wildman–Crippen LogP) is 4.31. The molecule has 26 heavy (non-hydrogen) atoms. The minimum absolute atomic E-state index is 0.224. The lowest BCUT2D eigenvalue weighted by Gasteiger charge is -2.26. The summed E-state index contributed by atoms with van der Waals surface area (Å²) in [4.78, 5) is 7.06. The topological polar surface area (TPSA) is 25.4 Å². The van der Waals surface area contributed by atoms with Crippen molar-refractivity contribution in [1.82, 2.24) is 9.88 Å². The monoisotopic (exact) mass is 350 g/mol. The van der Waals surface area contributed by atoms with E-state index in [2.05, 4.69) is 34.1 Å². The Kier molecular flexibility index (Phi) is 5.23. The molecule has 0 radical (unpaired) electrons. The molecule has 0 atom stereocenters. The van der Waals surface area contributed by atoms with Crippen molar-refractivity contribution < 1.29 is 9.13 Å². The number of hydrogen-bond acceptors (Lipinski definition) is 3. The molecule has 2 aromatic carbocycles. The number of pyridine rings is 1. The lowest BCUT2D eigenvalue weighted by molar-refractivity contribution is 0.0375. The van der Waals surface area contributed by atoms with Crippen LogP contribution in [0, 0.1) is 5.82 Å². The van der Waals surface area contributed by atoms with Gasteiger partial charge in [0.15, 0.2) is 0 Å². The number of ether oxygens (including phenoxy) is 1. The van der Waals surface area contributed by atoms with Crippen LogP contribution in [-0.4, -0.2) is 42.7 Å². The second-order valence-corrected chi connectivity index (χ2v) is 6.82. The first-order chi connectivity index (χ1) is 12.8. The molecule has 0 amide bonds. The molecule has 0 spiro atoms. The van der Waals surface area contributed by atoms with Gasteiger partial charge in [-0.3, -0.25) is 9.88 Å². The second-order valence-electron chi connectivity index (χ2n) is 6.82. The summed E-state index contributed by atoms with van der Waals surface area (Å²) in [5.41, 5.74) is 4.11. The van der Waals surface area contributed by atoms with Crippen LogP contribution < -0.4 is 0 Å². The molecule has 0 N–H and O–H groups in total. The van der Waals surface area contributed by atoms with E-state index >= 15 is 0 Å². The molecule has 0 saturated carbocycles. The molecule has 4 rings (SSSR count). The van der Waals surface area contributed by atoms with Crippen LogP contribution in [0.1, 0.15) is 12.0 Å². The molecule has 3 aromatic rings. The first kappa shape index (κ1) is 17.1. The van der Waals surface area contributed by atoms with Crippen molar-refractivity contribution in [2.75, 3.05) is 32.8 Å². The van der Waals surface area contributed by atoms with E-state index < -0.39 is 0 Å². The van der Waals surface area contributed by atoms with Gasteiger partial charge >= 0.3 is 0 Å². The third kappa shape index (κ3) is 4.09. The van der Waals surface area contributed by atoms with Crippen molar-refractivity contribution in [2.45, 2.75) is 12.8 Å². The minimum Gasteiger partial charge on any atom is -0.379 e. The van der Waals surface area contributed by atoms with Crippen LogP contribution in [0.3, 0.4) is 0 Å². The summed E-state index contributed by atoms with van der Waals surface area (Å²) < 4.78 is 18.8. The first-order valence-electron chi connectivity index (χ1n) is 9.23. The Hall–Kier alpha value is -2.30. The molecule has 1 fully saturated rings. The Morgan fingerprint density at radius 1 is 1.00 bits per heavy atom. The van der Waals surface area contributed by atoms with Crippen LogP contribution >= 0.6 is 0 Å². The smallest absolute Gasteiger partial charge is 0.123 e. The van der Waals surface area contributed by atoms with E-state index in [0.717, 1.165) is 67.7 Å². The van der Waals surface area contributed by atoms with Gasteiger partial charge in [-0.15, -0.1) is 0 Å². The minimum atomic E-state index is -0.224. The molecule has 134 valence electrons. The molecule has 4 heteroatoms. The van der Waals surface area contributed by atoms with E-state index in [4.69, 9.17) is 4.74 Å². The molecule has 0 bridgehead atoms. The fraction of sp³-hybridized carbons (Fsp3) is 0.318. The maximum atomic E-state index is 13.4. The summed E-state index contributed by atoms with van der Waals surface area (Å²) in [7, 11) is 0. The van der Waals surface area contributed by atoms with E-state index in [-0.39, 0.29) is 5.82 Å². The molecule has 0 aliphatic carbocycles. The van der Waals surface area contributed by atoms with Crippen molar-refractivity contribution in [3.8, 4) is 11.1 Å². The third-order valence-corrected chi connectivity index (χ3v) is 4.95. The molecule has 1 aliphatic rings. The fourth-order valence-corrected chi connectivity index (χ4v) is 3.48. The highest BCUT2D eigenvalue weighted by Gasteiger charge is 2.09. The number of fused-ring (bicyclic) bond motifs is 1. The number of halogens is 1. The van der Waals surface area contributed by atoms with Gasteiger partial charge in [-0.2, -0.15) is 0 Å².